The minimum Gasteiger partial charge on any atom is -0.0928 e. The first-order valence-electron chi connectivity index (χ1n) is 8.00. The van der Waals surface area contributed by atoms with Crippen LogP contribution in [0, 0.1) is 0 Å². The maximum atomic E-state index is 3.48. The Kier molecular flexibility index (Phi) is 10.2. The van der Waals surface area contributed by atoms with Crippen molar-refractivity contribution in [2.24, 2.45) is 0 Å². The molecule has 0 aliphatic carbocycles. The lowest BCUT2D eigenvalue weighted by atomic mass is 10.0. The summed E-state index contributed by atoms with van der Waals surface area (Å²) in [5, 5.41) is 1.16. The molecule has 0 spiro atoms. The molecule has 0 amide bonds. The third-order valence-electron chi connectivity index (χ3n) is 3.69. The number of aryl methyl sites for hydroxylation is 2. The summed E-state index contributed by atoms with van der Waals surface area (Å²) < 4.78 is 0. The fraction of sp³-hybridized carbons (Fsp3) is 0.667. The predicted molar refractivity (Wildman–Crippen MR) is 90.3 cm³/mol. The van der Waals surface area contributed by atoms with Crippen LogP contribution in [-0.4, -0.2) is 5.33 Å². The van der Waals surface area contributed by atoms with Crippen molar-refractivity contribution in [2.45, 2.75) is 71.1 Å². The highest BCUT2D eigenvalue weighted by Gasteiger charge is 1.96. The summed E-state index contributed by atoms with van der Waals surface area (Å²) in [6, 6.07) is 9.30. The van der Waals surface area contributed by atoms with Crippen LogP contribution >= 0.6 is 15.9 Å². The molecule has 0 N–H and O–H groups in total. The van der Waals surface area contributed by atoms with Crippen LogP contribution in [0.2, 0.25) is 0 Å². The second kappa shape index (κ2) is 11.5. The molecule has 0 radical (unpaired) electrons. The zero-order valence-electron chi connectivity index (χ0n) is 12.5. The molecule has 1 heteroatoms. The van der Waals surface area contributed by atoms with Crippen molar-refractivity contribution in [3.8, 4) is 0 Å². The third kappa shape index (κ3) is 8.47. The van der Waals surface area contributed by atoms with Crippen molar-refractivity contribution in [1.29, 1.82) is 0 Å². The number of unbranched alkanes of at least 4 members (excludes halogenated alkanes) is 6. The number of rotatable bonds is 11. The highest BCUT2D eigenvalue weighted by atomic mass is 79.9. The lowest BCUT2D eigenvalue weighted by Gasteiger charge is -2.04. The largest absolute Gasteiger partial charge is 0.0928 e. The Balaban J connectivity index is 2.09. The summed E-state index contributed by atoms with van der Waals surface area (Å²) in [5.41, 5.74) is 3.01. The quantitative estimate of drug-likeness (QED) is 0.330. The van der Waals surface area contributed by atoms with Crippen LogP contribution in [0.15, 0.2) is 24.3 Å². The Morgan fingerprint density at radius 1 is 0.684 bits per heavy atom. The van der Waals surface area contributed by atoms with E-state index in [1.54, 1.807) is 0 Å². The summed E-state index contributed by atoms with van der Waals surface area (Å²) in [6.07, 6.45) is 13.4. The molecular weight excluding hydrogens is 296 g/mol. The van der Waals surface area contributed by atoms with Gasteiger partial charge in [-0.3, -0.25) is 0 Å². The van der Waals surface area contributed by atoms with E-state index in [-0.39, 0.29) is 0 Å². The highest BCUT2D eigenvalue weighted by molar-refractivity contribution is 9.09. The molecule has 0 aliphatic heterocycles. The maximum absolute atomic E-state index is 3.48. The van der Waals surface area contributed by atoms with Gasteiger partial charge < -0.3 is 0 Å². The van der Waals surface area contributed by atoms with Crippen LogP contribution < -0.4 is 0 Å². The van der Waals surface area contributed by atoms with Gasteiger partial charge in [0.05, 0.1) is 0 Å². The zero-order chi connectivity index (χ0) is 13.8. The third-order valence-corrected chi connectivity index (χ3v) is 4.25. The van der Waals surface area contributed by atoms with Crippen LogP contribution in [0.5, 0.6) is 0 Å². The molecule has 0 aliphatic rings. The standard InChI is InChI=1S/C18H29Br/c1-2-3-10-17-12-14-18(15-13-17)11-8-6-4-5-7-9-16-19/h12-15H,2-11,16H2,1H3. The van der Waals surface area contributed by atoms with Crippen molar-refractivity contribution in [1.82, 2.24) is 0 Å². The topological polar surface area (TPSA) is 0 Å². The first-order chi connectivity index (χ1) is 9.36. The summed E-state index contributed by atoms with van der Waals surface area (Å²) in [4.78, 5) is 0. The Bertz CT molecular complexity index is 302. The van der Waals surface area contributed by atoms with Gasteiger partial charge >= 0.3 is 0 Å². The van der Waals surface area contributed by atoms with Crippen molar-refractivity contribution >= 4 is 15.9 Å². The van der Waals surface area contributed by atoms with E-state index in [0.29, 0.717) is 0 Å². The molecule has 0 bridgehead atoms. The van der Waals surface area contributed by atoms with Gasteiger partial charge in [-0.1, -0.05) is 79.2 Å². The maximum Gasteiger partial charge on any atom is 0.00313 e. The fourth-order valence-corrected chi connectivity index (χ4v) is 2.78. The van der Waals surface area contributed by atoms with Gasteiger partial charge in [0.15, 0.2) is 0 Å². The number of hydrogen-bond donors (Lipinski definition) is 0. The van der Waals surface area contributed by atoms with Gasteiger partial charge in [0, 0.05) is 5.33 Å². The molecule has 0 fully saturated rings. The highest BCUT2D eigenvalue weighted by Crippen LogP contribution is 2.12. The normalized spacial score (nSPS) is 10.8. The van der Waals surface area contributed by atoms with Gasteiger partial charge in [0.2, 0.25) is 0 Å². The van der Waals surface area contributed by atoms with Gasteiger partial charge in [0.25, 0.3) is 0 Å². The second-order valence-electron chi connectivity index (χ2n) is 5.48. The van der Waals surface area contributed by atoms with Gasteiger partial charge in [-0.2, -0.15) is 0 Å². The lowest BCUT2D eigenvalue weighted by molar-refractivity contribution is 0.610. The number of benzene rings is 1. The molecule has 0 saturated heterocycles. The summed E-state index contributed by atoms with van der Waals surface area (Å²) in [6.45, 7) is 2.26. The predicted octanol–water partition coefficient (Wildman–Crippen LogP) is 6.31. The first-order valence-corrected chi connectivity index (χ1v) is 9.12. The summed E-state index contributed by atoms with van der Waals surface area (Å²) in [5.74, 6) is 0. The van der Waals surface area contributed by atoms with Crippen LogP contribution in [0.4, 0.5) is 0 Å². The smallest absolute Gasteiger partial charge is 0.00313 e. The average molecular weight is 325 g/mol. The van der Waals surface area contributed by atoms with E-state index in [0.717, 1.165) is 5.33 Å². The van der Waals surface area contributed by atoms with E-state index in [9.17, 15) is 0 Å². The molecule has 0 saturated carbocycles. The SMILES string of the molecule is CCCCc1ccc(CCCCCCCCBr)cc1. The molecule has 0 atom stereocenters. The molecule has 0 heterocycles. The van der Waals surface area contributed by atoms with Gasteiger partial charge in [0.1, 0.15) is 0 Å². The Morgan fingerprint density at radius 2 is 1.16 bits per heavy atom. The number of alkyl halides is 1. The molecule has 1 aromatic rings. The monoisotopic (exact) mass is 324 g/mol. The second-order valence-corrected chi connectivity index (χ2v) is 6.27. The van der Waals surface area contributed by atoms with Crippen LogP contribution in [0.3, 0.4) is 0 Å². The molecule has 0 unspecified atom stereocenters. The lowest BCUT2D eigenvalue weighted by Crippen LogP contribution is -1.89. The molecule has 0 aromatic heterocycles. The molecule has 108 valence electrons. The van der Waals surface area contributed by atoms with Crippen LogP contribution in [0.1, 0.15) is 69.4 Å². The Morgan fingerprint density at radius 3 is 1.68 bits per heavy atom. The summed E-state index contributed by atoms with van der Waals surface area (Å²) >= 11 is 3.48. The minimum atomic E-state index is 1.16. The first kappa shape index (κ1) is 16.8. The average Bonchev–Trinajstić information content (AvgIpc) is 2.45. The molecule has 19 heavy (non-hydrogen) atoms. The van der Waals surface area contributed by atoms with Crippen molar-refractivity contribution in [2.75, 3.05) is 5.33 Å². The Hall–Kier alpha value is -0.300. The summed E-state index contributed by atoms with van der Waals surface area (Å²) in [7, 11) is 0. The van der Waals surface area contributed by atoms with E-state index in [2.05, 4.69) is 47.1 Å². The van der Waals surface area contributed by atoms with E-state index < -0.39 is 0 Å². The molecule has 1 aromatic carbocycles. The number of hydrogen-bond acceptors (Lipinski definition) is 0. The molecule has 0 nitrogen and oxygen atoms in total. The van der Waals surface area contributed by atoms with E-state index in [1.165, 1.54) is 75.3 Å². The zero-order valence-corrected chi connectivity index (χ0v) is 14.1. The van der Waals surface area contributed by atoms with E-state index in [4.69, 9.17) is 0 Å². The Labute approximate surface area is 128 Å². The van der Waals surface area contributed by atoms with Crippen molar-refractivity contribution < 1.29 is 0 Å². The fourth-order valence-electron chi connectivity index (χ4n) is 2.38. The number of halogens is 1. The van der Waals surface area contributed by atoms with Crippen molar-refractivity contribution in [3.05, 3.63) is 35.4 Å². The molecule has 1 rings (SSSR count). The van der Waals surface area contributed by atoms with Crippen LogP contribution in [-0.2, 0) is 12.8 Å². The van der Waals surface area contributed by atoms with E-state index >= 15 is 0 Å². The minimum absolute atomic E-state index is 1.16. The van der Waals surface area contributed by atoms with Gasteiger partial charge in [-0.05, 0) is 43.2 Å². The van der Waals surface area contributed by atoms with Crippen LogP contribution in [0.25, 0.3) is 0 Å². The van der Waals surface area contributed by atoms with Crippen molar-refractivity contribution in [3.63, 3.8) is 0 Å². The van der Waals surface area contributed by atoms with Gasteiger partial charge in [-0.15, -0.1) is 0 Å². The molecular formula is C18H29Br. The van der Waals surface area contributed by atoms with Gasteiger partial charge in [-0.25, -0.2) is 0 Å². The van der Waals surface area contributed by atoms with E-state index in [1.807, 2.05) is 0 Å².